The number of phenols is 1. The Labute approximate surface area is 187 Å². The van der Waals surface area contributed by atoms with Gasteiger partial charge in [-0.15, -0.1) is 0 Å². The number of fused-ring (bicyclic) bond motifs is 1. The van der Waals surface area contributed by atoms with E-state index in [9.17, 15) is 13.5 Å². The Bertz CT molecular complexity index is 1320. The van der Waals surface area contributed by atoms with Gasteiger partial charge in [-0.1, -0.05) is 12.1 Å². The molecule has 7 nitrogen and oxygen atoms in total. The van der Waals surface area contributed by atoms with Gasteiger partial charge in [-0.25, -0.2) is 8.42 Å². The Balaban J connectivity index is 1.41. The molecule has 0 unspecified atom stereocenters. The van der Waals surface area contributed by atoms with Crippen LogP contribution < -0.4 is 4.90 Å². The highest BCUT2D eigenvalue weighted by molar-refractivity contribution is 7.89. The van der Waals surface area contributed by atoms with Crippen LogP contribution in [-0.4, -0.2) is 46.9 Å². The summed E-state index contributed by atoms with van der Waals surface area (Å²) in [5.41, 5.74) is 2.78. The lowest BCUT2D eigenvalue weighted by Gasteiger charge is -2.31. The van der Waals surface area contributed by atoms with E-state index in [0.29, 0.717) is 31.0 Å². The summed E-state index contributed by atoms with van der Waals surface area (Å²) in [4.78, 5) is 9.79. The van der Waals surface area contributed by atoms with Gasteiger partial charge in [0.05, 0.1) is 4.90 Å². The normalized spacial score (nSPS) is 17.1. The molecule has 5 rings (SSSR count). The van der Waals surface area contributed by atoms with Crippen molar-refractivity contribution in [2.75, 3.05) is 18.0 Å². The Hall–Kier alpha value is -3.36. The zero-order valence-electron chi connectivity index (χ0n) is 17.4. The van der Waals surface area contributed by atoms with Crippen LogP contribution in [0, 0.1) is 0 Å². The topological polar surface area (TPSA) is 89.5 Å². The number of aromatic nitrogens is 2. The van der Waals surface area contributed by atoms with Crippen LogP contribution in [0.25, 0.3) is 10.9 Å². The van der Waals surface area contributed by atoms with Crippen molar-refractivity contribution in [3.8, 4) is 5.75 Å². The first-order valence-electron chi connectivity index (χ1n) is 10.5. The summed E-state index contributed by atoms with van der Waals surface area (Å²) in [5, 5.41) is 10.7. The first kappa shape index (κ1) is 20.5. The van der Waals surface area contributed by atoms with Crippen molar-refractivity contribution in [2.45, 2.75) is 23.9 Å². The predicted octanol–water partition coefficient (Wildman–Crippen LogP) is 3.74. The van der Waals surface area contributed by atoms with E-state index < -0.39 is 10.0 Å². The molecule has 164 valence electrons. The number of nitrogens with zero attached hydrogens (tertiary/aromatic N) is 3. The van der Waals surface area contributed by atoms with Gasteiger partial charge in [0.15, 0.2) is 0 Å². The minimum absolute atomic E-state index is 0.00347. The Morgan fingerprint density at radius 1 is 1.12 bits per heavy atom. The zero-order valence-corrected chi connectivity index (χ0v) is 18.2. The molecule has 1 atom stereocenters. The standard InChI is InChI=1S/C24H24N4O3S/c29-22-6-4-20(5-7-22)28(16-18-2-1-11-25-15-18)21-10-13-27(17-21)32(30,31)23-8-3-19-9-12-26-24(19)14-23/h1-9,11-12,14-15,21,26,29H,10,13,16-17H2/t21-/m0/s1. The van der Waals surface area contributed by atoms with Gasteiger partial charge in [0, 0.05) is 55.5 Å². The van der Waals surface area contributed by atoms with Gasteiger partial charge < -0.3 is 15.0 Å². The number of phenolic OH excluding ortho intramolecular Hbond substituents is 1. The second kappa shape index (κ2) is 8.29. The highest BCUT2D eigenvalue weighted by Crippen LogP contribution is 2.30. The van der Waals surface area contributed by atoms with E-state index in [1.165, 1.54) is 0 Å². The molecule has 32 heavy (non-hydrogen) atoms. The van der Waals surface area contributed by atoms with Gasteiger partial charge in [0.25, 0.3) is 0 Å². The molecule has 2 aromatic carbocycles. The maximum Gasteiger partial charge on any atom is 0.243 e. The molecule has 2 aromatic heterocycles. The van der Waals surface area contributed by atoms with Gasteiger partial charge >= 0.3 is 0 Å². The molecule has 0 bridgehead atoms. The summed E-state index contributed by atoms with van der Waals surface area (Å²) < 4.78 is 28.3. The lowest BCUT2D eigenvalue weighted by atomic mass is 10.1. The van der Waals surface area contributed by atoms with Crippen LogP contribution >= 0.6 is 0 Å². The molecule has 1 fully saturated rings. The molecular weight excluding hydrogens is 424 g/mol. The Kier molecular flexibility index (Phi) is 5.32. The first-order chi connectivity index (χ1) is 15.5. The molecular formula is C24H24N4O3S. The van der Waals surface area contributed by atoms with Gasteiger partial charge in [-0.3, -0.25) is 4.98 Å². The lowest BCUT2D eigenvalue weighted by Crippen LogP contribution is -2.38. The number of aromatic amines is 1. The number of nitrogens with one attached hydrogen (secondary N) is 1. The number of rotatable bonds is 6. The van der Waals surface area contributed by atoms with Gasteiger partial charge in [0.1, 0.15) is 5.75 Å². The highest BCUT2D eigenvalue weighted by Gasteiger charge is 2.35. The Morgan fingerprint density at radius 2 is 1.97 bits per heavy atom. The number of pyridine rings is 1. The van der Waals surface area contributed by atoms with Crippen LogP contribution in [0.15, 0.2) is 84.1 Å². The maximum absolute atomic E-state index is 13.4. The summed E-state index contributed by atoms with van der Waals surface area (Å²) >= 11 is 0. The lowest BCUT2D eigenvalue weighted by molar-refractivity contribution is 0.468. The van der Waals surface area contributed by atoms with Gasteiger partial charge in [-0.2, -0.15) is 4.31 Å². The minimum Gasteiger partial charge on any atom is -0.508 e. The molecule has 4 aromatic rings. The molecule has 0 radical (unpaired) electrons. The molecule has 0 aliphatic carbocycles. The smallest absolute Gasteiger partial charge is 0.243 e. The van der Waals surface area contributed by atoms with Crippen LogP contribution in [0.1, 0.15) is 12.0 Å². The van der Waals surface area contributed by atoms with Crippen LogP contribution in [0.4, 0.5) is 5.69 Å². The number of anilines is 1. The second-order valence-electron chi connectivity index (χ2n) is 8.04. The molecule has 3 heterocycles. The molecule has 1 aliphatic heterocycles. The van der Waals surface area contributed by atoms with Gasteiger partial charge in [-0.05, 0) is 65.9 Å². The van der Waals surface area contributed by atoms with Crippen LogP contribution in [0.5, 0.6) is 5.75 Å². The fraction of sp³-hybridized carbons (Fsp3) is 0.208. The molecule has 1 aliphatic rings. The summed E-state index contributed by atoms with van der Waals surface area (Å²) in [6.07, 6.45) is 6.08. The molecule has 0 saturated carbocycles. The van der Waals surface area contributed by atoms with Crippen LogP contribution in [0.3, 0.4) is 0 Å². The minimum atomic E-state index is -3.60. The van der Waals surface area contributed by atoms with Crippen molar-refractivity contribution in [3.63, 3.8) is 0 Å². The predicted molar refractivity (Wildman–Crippen MR) is 124 cm³/mol. The van der Waals surface area contributed by atoms with E-state index in [1.54, 1.807) is 41.0 Å². The van der Waals surface area contributed by atoms with Gasteiger partial charge in [0.2, 0.25) is 10.0 Å². The first-order valence-corrected chi connectivity index (χ1v) is 12.0. The van der Waals surface area contributed by atoms with Crippen molar-refractivity contribution in [1.82, 2.24) is 14.3 Å². The van der Waals surface area contributed by atoms with E-state index in [0.717, 1.165) is 22.2 Å². The molecule has 8 heteroatoms. The van der Waals surface area contributed by atoms with E-state index in [1.807, 2.05) is 42.6 Å². The fourth-order valence-electron chi connectivity index (χ4n) is 4.28. The van der Waals surface area contributed by atoms with Crippen molar-refractivity contribution in [3.05, 3.63) is 84.8 Å². The summed E-state index contributed by atoms with van der Waals surface area (Å²) in [7, 11) is -3.60. The maximum atomic E-state index is 13.4. The van der Waals surface area contributed by atoms with Crippen molar-refractivity contribution < 1.29 is 13.5 Å². The molecule has 1 saturated heterocycles. The zero-order chi connectivity index (χ0) is 22.1. The van der Waals surface area contributed by atoms with Crippen LogP contribution in [-0.2, 0) is 16.6 Å². The average molecular weight is 449 g/mol. The number of aromatic hydroxyl groups is 1. The third-order valence-corrected chi connectivity index (χ3v) is 7.85. The van der Waals surface area contributed by atoms with Crippen molar-refractivity contribution in [2.24, 2.45) is 0 Å². The number of sulfonamides is 1. The third kappa shape index (κ3) is 3.94. The largest absolute Gasteiger partial charge is 0.508 e. The monoisotopic (exact) mass is 448 g/mol. The van der Waals surface area contributed by atoms with E-state index in [4.69, 9.17) is 0 Å². The summed E-state index contributed by atoms with van der Waals surface area (Å²) in [5.74, 6) is 0.199. The third-order valence-electron chi connectivity index (χ3n) is 5.99. The summed E-state index contributed by atoms with van der Waals surface area (Å²) in [6, 6.07) is 18.1. The fourth-order valence-corrected chi connectivity index (χ4v) is 5.80. The SMILES string of the molecule is O=S(=O)(c1ccc2cc[nH]c2c1)N1CC[C@H](N(Cc2cccnc2)c2ccc(O)cc2)C1. The van der Waals surface area contributed by atoms with E-state index in [2.05, 4.69) is 14.9 Å². The van der Waals surface area contributed by atoms with Crippen LogP contribution in [0.2, 0.25) is 0 Å². The highest BCUT2D eigenvalue weighted by atomic mass is 32.2. The quantitative estimate of drug-likeness (QED) is 0.469. The van der Waals surface area contributed by atoms with E-state index in [-0.39, 0.29) is 11.8 Å². The Morgan fingerprint density at radius 3 is 2.75 bits per heavy atom. The molecule has 2 N–H and O–H groups in total. The molecule has 0 spiro atoms. The number of benzene rings is 2. The van der Waals surface area contributed by atoms with Crippen molar-refractivity contribution >= 4 is 26.6 Å². The van der Waals surface area contributed by atoms with E-state index >= 15 is 0 Å². The number of hydrogen-bond donors (Lipinski definition) is 2. The number of hydrogen-bond acceptors (Lipinski definition) is 5. The summed E-state index contributed by atoms with van der Waals surface area (Å²) in [6.45, 7) is 1.45. The van der Waals surface area contributed by atoms with Crippen molar-refractivity contribution in [1.29, 1.82) is 0 Å². The number of H-pyrrole nitrogens is 1. The average Bonchev–Trinajstić information content (AvgIpc) is 3.48. The molecule has 0 amide bonds. The second-order valence-corrected chi connectivity index (χ2v) is 9.98.